The number of ether oxygens (including phenoxy) is 1. The van der Waals surface area contributed by atoms with Gasteiger partial charge in [0.1, 0.15) is 5.75 Å². The van der Waals surface area contributed by atoms with E-state index in [0.717, 1.165) is 16.0 Å². The van der Waals surface area contributed by atoms with Gasteiger partial charge in [-0.3, -0.25) is 4.79 Å². The Labute approximate surface area is 120 Å². The molecule has 100 valence electrons. The predicted molar refractivity (Wildman–Crippen MR) is 80.7 cm³/mol. The smallest absolute Gasteiger partial charge is 0.221 e. The third kappa shape index (κ3) is 2.42. The largest absolute Gasteiger partial charge is 0.494 e. The number of thiazole rings is 1. The highest BCUT2D eigenvalue weighted by Gasteiger charge is 2.14. The van der Waals surface area contributed by atoms with Crippen LogP contribution in [0.3, 0.4) is 0 Å². The van der Waals surface area contributed by atoms with E-state index >= 15 is 0 Å². The first-order chi connectivity index (χ1) is 9.78. The Bertz CT molecular complexity index is 750. The number of benzene rings is 2. The topological polar surface area (TPSA) is 39.2 Å². The molecule has 0 radical (unpaired) electrons. The van der Waals surface area contributed by atoms with Gasteiger partial charge in [0.2, 0.25) is 5.78 Å². The number of hydrogen-bond donors (Lipinski definition) is 0. The Morgan fingerprint density at radius 2 is 2.00 bits per heavy atom. The lowest BCUT2D eigenvalue weighted by Gasteiger charge is -2.00. The summed E-state index contributed by atoms with van der Waals surface area (Å²) < 4.78 is 6.43. The van der Waals surface area contributed by atoms with Crippen LogP contribution in [0.4, 0.5) is 0 Å². The molecular weight excluding hydrogens is 270 g/mol. The van der Waals surface area contributed by atoms with Crippen LogP contribution < -0.4 is 4.74 Å². The molecule has 3 rings (SSSR count). The van der Waals surface area contributed by atoms with Crippen molar-refractivity contribution in [2.75, 3.05) is 6.61 Å². The number of rotatable bonds is 4. The quantitative estimate of drug-likeness (QED) is 0.681. The summed E-state index contributed by atoms with van der Waals surface area (Å²) in [4.78, 5) is 16.7. The van der Waals surface area contributed by atoms with Crippen LogP contribution in [0.2, 0.25) is 0 Å². The minimum absolute atomic E-state index is 0.0373. The fourth-order valence-electron chi connectivity index (χ4n) is 1.97. The average molecular weight is 283 g/mol. The van der Waals surface area contributed by atoms with E-state index in [-0.39, 0.29) is 5.78 Å². The summed E-state index contributed by atoms with van der Waals surface area (Å²) >= 11 is 1.40. The maximum absolute atomic E-state index is 12.3. The van der Waals surface area contributed by atoms with Gasteiger partial charge in [0.25, 0.3) is 0 Å². The molecule has 0 N–H and O–H groups in total. The molecule has 0 fully saturated rings. The van der Waals surface area contributed by atoms with Gasteiger partial charge in [-0.15, -0.1) is 11.3 Å². The number of nitrogens with zero attached hydrogens (tertiary/aromatic N) is 1. The normalized spacial score (nSPS) is 10.7. The van der Waals surface area contributed by atoms with Crippen molar-refractivity contribution in [3.63, 3.8) is 0 Å². The van der Waals surface area contributed by atoms with E-state index in [1.165, 1.54) is 11.3 Å². The maximum atomic E-state index is 12.3. The number of carbonyl (C=O) groups is 1. The fourth-order valence-corrected chi connectivity index (χ4v) is 2.93. The minimum atomic E-state index is -0.0373. The molecule has 1 aromatic heterocycles. The average Bonchev–Trinajstić information content (AvgIpc) is 2.91. The molecule has 0 aliphatic heterocycles. The number of fused-ring (bicyclic) bond motifs is 1. The number of hydrogen-bond acceptors (Lipinski definition) is 4. The molecule has 3 nitrogen and oxygen atoms in total. The SMILES string of the molecule is CCOc1ccc2nc(C(=O)c3ccccc3)sc2c1. The molecule has 4 heteroatoms. The lowest BCUT2D eigenvalue weighted by Crippen LogP contribution is -1.99. The van der Waals surface area contributed by atoms with Crippen molar-refractivity contribution in [3.8, 4) is 5.75 Å². The Morgan fingerprint density at radius 1 is 1.20 bits per heavy atom. The van der Waals surface area contributed by atoms with Gasteiger partial charge in [-0.05, 0) is 25.1 Å². The van der Waals surface area contributed by atoms with E-state index in [0.29, 0.717) is 17.2 Å². The molecule has 0 atom stereocenters. The lowest BCUT2D eigenvalue weighted by atomic mass is 10.1. The van der Waals surface area contributed by atoms with Crippen LogP contribution >= 0.6 is 11.3 Å². The summed E-state index contributed by atoms with van der Waals surface area (Å²) in [5, 5.41) is 0.514. The second-order valence-corrected chi connectivity index (χ2v) is 5.31. The van der Waals surface area contributed by atoms with E-state index < -0.39 is 0 Å². The van der Waals surface area contributed by atoms with Gasteiger partial charge in [-0.2, -0.15) is 0 Å². The van der Waals surface area contributed by atoms with E-state index in [2.05, 4.69) is 4.98 Å². The van der Waals surface area contributed by atoms with E-state index in [1.54, 1.807) is 12.1 Å². The Morgan fingerprint density at radius 3 is 2.75 bits per heavy atom. The lowest BCUT2D eigenvalue weighted by molar-refractivity contribution is 0.103. The number of carbonyl (C=O) groups excluding carboxylic acids is 1. The van der Waals surface area contributed by atoms with Gasteiger partial charge < -0.3 is 4.74 Å². The Hall–Kier alpha value is -2.20. The van der Waals surface area contributed by atoms with E-state index in [1.807, 2.05) is 43.3 Å². The van der Waals surface area contributed by atoms with Crippen LogP contribution in [0.25, 0.3) is 10.2 Å². The second kappa shape index (κ2) is 5.43. The maximum Gasteiger partial charge on any atom is 0.221 e. The van der Waals surface area contributed by atoms with Crippen molar-refractivity contribution >= 4 is 27.3 Å². The highest BCUT2D eigenvalue weighted by Crippen LogP contribution is 2.27. The third-order valence-corrected chi connectivity index (χ3v) is 3.92. The van der Waals surface area contributed by atoms with E-state index in [4.69, 9.17) is 4.74 Å². The van der Waals surface area contributed by atoms with Crippen LogP contribution in [0.15, 0.2) is 48.5 Å². The summed E-state index contributed by atoms with van der Waals surface area (Å²) in [6, 6.07) is 14.9. The number of ketones is 1. The zero-order valence-corrected chi connectivity index (χ0v) is 11.8. The molecule has 0 bridgehead atoms. The van der Waals surface area contributed by atoms with Crippen molar-refractivity contribution in [2.45, 2.75) is 6.92 Å². The Kier molecular flexibility index (Phi) is 3.48. The van der Waals surface area contributed by atoms with Crippen LogP contribution in [0.1, 0.15) is 22.3 Å². The van der Waals surface area contributed by atoms with Crippen LogP contribution in [0, 0.1) is 0 Å². The highest BCUT2D eigenvalue weighted by molar-refractivity contribution is 7.20. The molecule has 2 aromatic carbocycles. The van der Waals surface area contributed by atoms with Crippen molar-refractivity contribution in [1.29, 1.82) is 0 Å². The summed E-state index contributed by atoms with van der Waals surface area (Å²) in [6.07, 6.45) is 0. The van der Waals surface area contributed by atoms with Crippen LogP contribution in [0.5, 0.6) is 5.75 Å². The van der Waals surface area contributed by atoms with Crippen molar-refractivity contribution < 1.29 is 9.53 Å². The summed E-state index contributed by atoms with van der Waals surface area (Å²) in [7, 11) is 0. The molecule has 0 aliphatic carbocycles. The molecular formula is C16H13NO2S. The van der Waals surface area contributed by atoms with Crippen molar-refractivity contribution in [3.05, 3.63) is 59.1 Å². The molecule has 0 saturated heterocycles. The van der Waals surface area contributed by atoms with Gasteiger partial charge in [0, 0.05) is 5.56 Å². The summed E-state index contributed by atoms with van der Waals surface area (Å²) in [5.41, 5.74) is 1.49. The molecule has 0 spiro atoms. The van der Waals surface area contributed by atoms with Crippen molar-refractivity contribution in [1.82, 2.24) is 4.98 Å². The van der Waals surface area contributed by atoms with Gasteiger partial charge in [0.05, 0.1) is 16.8 Å². The predicted octanol–water partition coefficient (Wildman–Crippen LogP) is 3.93. The zero-order valence-electron chi connectivity index (χ0n) is 11.0. The first kappa shape index (κ1) is 12.8. The molecule has 0 unspecified atom stereocenters. The van der Waals surface area contributed by atoms with Gasteiger partial charge in [-0.25, -0.2) is 4.98 Å². The minimum Gasteiger partial charge on any atom is -0.494 e. The second-order valence-electron chi connectivity index (χ2n) is 4.28. The van der Waals surface area contributed by atoms with Gasteiger partial charge >= 0.3 is 0 Å². The third-order valence-electron chi connectivity index (χ3n) is 2.90. The standard InChI is InChI=1S/C16H13NO2S/c1-2-19-12-8-9-13-14(10-12)20-16(17-13)15(18)11-6-4-3-5-7-11/h3-10H,2H2,1H3. The Balaban J connectivity index is 1.98. The summed E-state index contributed by atoms with van der Waals surface area (Å²) in [5.74, 6) is 0.770. The van der Waals surface area contributed by atoms with Crippen molar-refractivity contribution in [2.24, 2.45) is 0 Å². The van der Waals surface area contributed by atoms with Gasteiger partial charge in [-0.1, -0.05) is 30.3 Å². The molecule has 20 heavy (non-hydrogen) atoms. The van der Waals surface area contributed by atoms with E-state index in [9.17, 15) is 4.79 Å². The monoisotopic (exact) mass is 283 g/mol. The fraction of sp³-hybridized carbons (Fsp3) is 0.125. The molecule has 0 amide bonds. The first-order valence-electron chi connectivity index (χ1n) is 6.41. The molecule has 1 heterocycles. The number of aromatic nitrogens is 1. The van der Waals surface area contributed by atoms with Gasteiger partial charge in [0.15, 0.2) is 5.01 Å². The summed E-state index contributed by atoms with van der Waals surface area (Å²) in [6.45, 7) is 2.57. The van der Waals surface area contributed by atoms with Crippen LogP contribution in [-0.2, 0) is 0 Å². The zero-order chi connectivity index (χ0) is 13.9. The molecule has 3 aromatic rings. The highest BCUT2D eigenvalue weighted by atomic mass is 32.1. The molecule has 0 saturated carbocycles. The molecule has 0 aliphatic rings. The van der Waals surface area contributed by atoms with Crippen LogP contribution in [-0.4, -0.2) is 17.4 Å². The first-order valence-corrected chi connectivity index (χ1v) is 7.22.